The summed E-state index contributed by atoms with van der Waals surface area (Å²) in [7, 11) is 0. The van der Waals surface area contributed by atoms with E-state index in [4.69, 9.17) is 19.9 Å². The van der Waals surface area contributed by atoms with Crippen LogP contribution in [-0.2, 0) is 15.9 Å². The second-order valence-electron chi connectivity index (χ2n) is 4.68. The molecule has 2 unspecified atom stereocenters. The molecule has 2 atom stereocenters. The Labute approximate surface area is 108 Å². The molecule has 1 heterocycles. The van der Waals surface area contributed by atoms with Gasteiger partial charge in [-0.1, -0.05) is 12.1 Å². The number of hydrogen-bond acceptors (Lipinski definition) is 4. The summed E-state index contributed by atoms with van der Waals surface area (Å²) in [5.41, 5.74) is 6.73. The molecule has 0 aromatic heterocycles. The van der Waals surface area contributed by atoms with E-state index in [9.17, 15) is 0 Å². The average Bonchev–Trinajstić information content (AvgIpc) is 2.72. The van der Waals surface area contributed by atoms with Crippen LogP contribution in [-0.4, -0.2) is 31.6 Å². The zero-order valence-corrected chi connectivity index (χ0v) is 11.0. The van der Waals surface area contributed by atoms with Gasteiger partial charge in [0.2, 0.25) is 0 Å². The minimum atomic E-state index is -0.575. The molecule has 1 aliphatic rings. The first kappa shape index (κ1) is 13.3. The Hall–Kier alpha value is -1.10. The summed E-state index contributed by atoms with van der Waals surface area (Å²) in [6.45, 7) is 5.66. The van der Waals surface area contributed by atoms with Gasteiger partial charge >= 0.3 is 0 Å². The van der Waals surface area contributed by atoms with Crippen LogP contribution >= 0.6 is 0 Å². The van der Waals surface area contributed by atoms with Crippen LogP contribution in [0, 0.1) is 0 Å². The predicted molar refractivity (Wildman–Crippen MR) is 69.6 cm³/mol. The Morgan fingerprint density at radius 3 is 3.00 bits per heavy atom. The second-order valence-corrected chi connectivity index (χ2v) is 4.68. The molecule has 1 fully saturated rings. The Bertz CT molecular complexity index is 396. The normalized spacial score (nSPS) is 27.4. The lowest BCUT2D eigenvalue weighted by Gasteiger charge is -2.23. The molecule has 0 amide bonds. The fourth-order valence-electron chi connectivity index (χ4n) is 2.18. The lowest BCUT2D eigenvalue weighted by molar-refractivity contribution is -0.151. The van der Waals surface area contributed by atoms with Gasteiger partial charge in [-0.3, -0.25) is 0 Å². The van der Waals surface area contributed by atoms with Crippen molar-refractivity contribution in [1.29, 1.82) is 0 Å². The molecule has 0 radical (unpaired) electrons. The van der Waals surface area contributed by atoms with Crippen LogP contribution in [0.3, 0.4) is 0 Å². The number of benzene rings is 1. The van der Waals surface area contributed by atoms with Crippen molar-refractivity contribution >= 4 is 0 Å². The van der Waals surface area contributed by atoms with E-state index in [2.05, 4.69) is 6.07 Å². The molecule has 0 aliphatic carbocycles. The fraction of sp³-hybridized carbons (Fsp3) is 0.571. The zero-order chi connectivity index (χ0) is 13.0. The Balaban J connectivity index is 2.02. The molecule has 2 N–H and O–H groups in total. The van der Waals surface area contributed by atoms with E-state index in [1.807, 2.05) is 32.0 Å². The van der Waals surface area contributed by atoms with E-state index >= 15 is 0 Å². The molecular formula is C14H21NO3. The maximum absolute atomic E-state index is 5.81. The third-order valence-electron chi connectivity index (χ3n) is 2.99. The SMILES string of the molecule is CCOc1cccc(CC2(C)OCC(CN)O2)c1. The van der Waals surface area contributed by atoms with Gasteiger partial charge in [0.25, 0.3) is 0 Å². The summed E-state index contributed by atoms with van der Waals surface area (Å²) in [4.78, 5) is 0. The second kappa shape index (κ2) is 5.69. The molecule has 1 aromatic rings. The van der Waals surface area contributed by atoms with Crippen LogP contribution in [0.25, 0.3) is 0 Å². The third kappa shape index (κ3) is 3.22. The van der Waals surface area contributed by atoms with Gasteiger partial charge in [-0.05, 0) is 31.5 Å². The van der Waals surface area contributed by atoms with Crippen molar-refractivity contribution in [3.63, 3.8) is 0 Å². The van der Waals surface area contributed by atoms with Crippen molar-refractivity contribution in [3.05, 3.63) is 29.8 Å². The van der Waals surface area contributed by atoms with E-state index in [1.54, 1.807) is 0 Å². The summed E-state index contributed by atoms with van der Waals surface area (Å²) in [5, 5.41) is 0. The van der Waals surface area contributed by atoms with Crippen LogP contribution in [0.5, 0.6) is 5.75 Å². The molecule has 4 nitrogen and oxygen atoms in total. The Morgan fingerprint density at radius 1 is 1.50 bits per heavy atom. The zero-order valence-electron chi connectivity index (χ0n) is 11.0. The minimum absolute atomic E-state index is 0.00470. The quantitative estimate of drug-likeness (QED) is 0.865. The van der Waals surface area contributed by atoms with Crippen molar-refractivity contribution in [2.75, 3.05) is 19.8 Å². The van der Waals surface area contributed by atoms with Gasteiger partial charge in [-0.15, -0.1) is 0 Å². The largest absolute Gasteiger partial charge is 0.494 e. The van der Waals surface area contributed by atoms with Gasteiger partial charge in [0, 0.05) is 13.0 Å². The van der Waals surface area contributed by atoms with E-state index in [0.29, 0.717) is 26.2 Å². The van der Waals surface area contributed by atoms with Crippen molar-refractivity contribution in [1.82, 2.24) is 0 Å². The van der Waals surface area contributed by atoms with E-state index in [1.165, 1.54) is 0 Å². The van der Waals surface area contributed by atoms with E-state index in [-0.39, 0.29) is 6.10 Å². The molecule has 0 bridgehead atoms. The van der Waals surface area contributed by atoms with Gasteiger partial charge in [0.1, 0.15) is 5.75 Å². The number of hydrogen-bond donors (Lipinski definition) is 1. The molecule has 1 aliphatic heterocycles. The van der Waals surface area contributed by atoms with Crippen molar-refractivity contribution < 1.29 is 14.2 Å². The van der Waals surface area contributed by atoms with Crippen LogP contribution in [0.1, 0.15) is 19.4 Å². The molecule has 0 saturated carbocycles. The summed E-state index contributed by atoms with van der Waals surface area (Å²) >= 11 is 0. The molecule has 18 heavy (non-hydrogen) atoms. The molecule has 0 spiro atoms. The number of nitrogens with two attached hydrogens (primary N) is 1. The van der Waals surface area contributed by atoms with Crippen molar-refractivity contribution in [2.45, 2.75) is 32.2 Å². The Kier molecular flexibility index (Phi) is 4.22. The lowest BCUT2D eigenvalue weighted by atomic mass is 10.1. The van der Waals surface area contributed by atoms with E-state index < -0.39 is 5.79 Å². The van der Waals surface area contributed by atoms with Crippen LogP contribution < -0.4 is 10.5 Å². The smallest absolute Gasteiger partial charge is 0.170 e. The first-order valence-electron chi connectivity index (χ1n) is 6.39. The molecule has 1 aromatic carbocycles. The van der Waals surface area contributed by atoms with Gasteiger partial charge in [0.15, 0.2) is 5.79 Å². The highest BCUT2D eigenvalue weighted by Crippen LogP contribution is 2.28. The standard InChI is InChI=1S/C14H21NO3/c1-3-16-12-6-4-5-11(7-12)8-14(2)17-10-13(9-15)18-14/h4-7,13H,3,8-10,15H2,1-2H3. The topological polar surface area (TPSA) is 53.7 Å². The Morgan fingerprint density at radius 2 is 2.33 bits per heavy atom. The van der Waals surface area contributed by atoms with Crippen molar-refractivity contribution in [2.24, 2.45) is 5.73 Å². The minimum Gasteiger partial charge on any atom is -0.494 e. The molecular weight excluding hydrogens is 230 g/mol. The fourth-order valence-corrected chi connectivity index (χ4v) is 2.18. The maximum atomic E-state index is 5.81. The van der Waals surface area contributed by atoms with Gasteiger partial charge in [-0.2, -0.15) is 0 Å². The number of rotatable bonds is 5. The highest BCUT2D eigenvalue weighted by atomic mass is 16.7. The highest BCUT2D eigenvalue weighted by molar-refractivity contribution is 5.29. The van der Waals surface area contributed by atoms with Crippen molar-refractivity contribution in [3.8, 4) is 5.75 Å². The molecule has 4 heteroatoms. The molecule has 100 valence electrons. The predicted octanol–water partition coefficient (Wildman–Crippen LogP) is 1.72. The maximum Gasteiger partial charge on any atom is 0.170 e. The molecule has 1 saturated heterocycles. The van der Waals surface area contributed by atoms with Gasteiger partial charge in [-0.25, -0.2) is 0 Å². The average molecular weight is 251 g/mol. The van der Waals surface area contributed by atoms with Gasteiger partial charge in [0.05, 0.1) is 19.3 Å². The summed E-state index contributed by atoms with van der Waals surface area (Å²) in [6, 6.07) is 8.01. The molecule has 2 rings (SSSR count). The number of ether oxygens (including phenoxy) is 3. The lowest BCUT2D eigenvalue weighted by Crippen LogP contribution is -2.31. The third-order valence-corrected chi connectivity index (χ3v) is 2.99. The van der Waals surface area contributed by atoms with Gasteiger partial charge < -0.3 is 19.9 Å². The van der Waals surface area contributed by atoms with Crippen LogP contribution in [0.4, 0.5) is 0 Å². The first-order chi connectivity index (χ1) is 8.65. The highest BCUT2D eigenvalue weighted by Gasteiger charge is 2.36. The van der Waals surface area contributed by atoms with Crippen LogP contribution in [0.15, 0.2) is 24.3 Å². The first-order valence-corrected chi connectivity index (χ1v) is 6.39. The summed E-state index contributed by atoms with van der Waals surface area (Å²) in [5.74, 6) is 0.307. The monoisotopic (exact) mass is 251 g/mol. The van der Waals surface area contributed by atoms with E-state index in [0.717, 1.165) is 11.3 Å². The summed E-state index contributed by atoms with van der Waals surface area (Å²) in [6.07, 6.45) is 0.704. The van der Waals surface area contributed by atoms with Crippen LogP contribution in [0.2, 0.25) is 0 Å². The summed E-state index contributed by atoms with van der Waals surface area (Å²) < 4.78 is 17.0.